The second-order valence-corrected chi connectivity index (χ2v) is 6.69. The third-order valence-electron chi connectivity index (χ3n) is 4.81. The number of hydrogen-bond donors (Lipinski definition) is 1. The highest BCUT2D eigenvalue weighted by atomic mass is 16.1. The van der Waals surface area contributed by atoms with Crippen LogP contribution in [0.4, 0.5) is 0 Å². The number of Topliss-reactive ketones (excluding diaryl/α,β-unsaturated/α-hetero) is 1. The molecule has 0 radical (unpaired) electrons. The van der Waals surface area contributed by atoms with E-state index < -0.39 is 0 Å². The Morgan fingerprint density at radius 2 is 1.39 bits per heavy atom. The SMILES string of the molecule is O=C1CCCC[C@@H]1C[NH+](Cc1ccccc1)Cc1ccccc1. The summed E-state index contributed by atoms with van der Waals surface area (Å²) in [7, 11) is 0. The van der Waals surface area contributed by atoms with Crippen molar-refractivity contribution >= 4 is 5.78 Å². The van der Waals surface area contributed by atoms with Crippen LogP contribution in [0.5, 0.6) is 0 Å². The van der Waals surface area contributed by atoms with Crippen LogP contribution in [0.2, 0.25) is 0 Å². The average molecular weight is 308 g/mol. The van der Waals surface area contributed by atoms with Crippen molar-refractivity contribution < 1.29 is 9.69 Å². The Kier molecular flexibility index (Phi) is 5.60. The largest absolute Gasteiger partial charge is 0.327 e. The lowest BCUT2D eigenvalue weighted by Gasteiger charge is -2.26. The van der Waals surface area contributed by atoms with Crippen LogP contribution in [0.15, 0.2) is 60.7 Å². The molecule has 1 N–H and O–H groups in total. The van der Waals surface area contributed by atoms with Crippen LogP contribution >= 0.6 is 0 Å². The van der Waals surface area contributed by atoms with E-state index >= 15 is 0 Å². The predicted octanol–water partition coefficient (Wildman–Crippen LogP) is 3.03. The van der Waals surface area contributed by atoms with Crippen LogP contribution in [0.1, 0.15) is 36.8 Å². The van der Waals surface area contributed by atoms with Crippen LogP contribution in [-0.2, 0) is 17.9 Å². The summed E-state index contributed by atoms with van der Waals surface area (Å²) in [4.78, 5) is 13.7. The summed E-state index contributed by atoms with van der Waals surface area (Å²) in [6.07, 6.45) is 4.16. The molecule has 0 spiro atoms. The van der Waals surface area contributed by atoms with Gasteiger partial charge in [-0.1, -0.05) is 67.1 Å². The highest BCUT2D eigenvalue weighted by Crippen LogP contribution is 2.19. The number of ketones is 1. The van der Waals surface area contributed by atoms with Gasteiger partial charge in [-0.2, -0.15) is 0 Å². The molecular weight excluding hydrogens is 282 g/mol. The van der Waals surface area contributed by atoms with E-state index in [0.717, 1.165) is 38.9 Å². The zero-order valence-electron chi connectivity index (χ0n) is 13.7. The van der Waals surface area contributed by atoms with Gasteiger partial charge in [0.25, 0.3) is 0 Å². The van der Waals surface area contributed by atoms with Crippen molar-refractivity contribution in [2.45, 2.75) is 38.8 Å². The molecule has 0 unspecified atom stereocenters. The molecule has 1 aliphatic rings. The Bertz CT molecular complexity index is 567. The molecule has 2 heteroatoms. The fraction of sp³-hybridized carbons (Fsp3) is 0.381. The van der Waals surface area contributed by atoms with E-state index in [1.54, 1.807) is 0 Å². The van der Waals surface area contributed by atoms with Gasteiger partial charge in [0, 0.05) is 17.5 Å². The van der Waals surface area contributed by atoms with E-state index in [0.29, 0.717) is 5.78 Å². The number of rotatable bonds is 6. The van der Waals surface area contributed by atoms with E-state index in [2.05, 4.69) is 60.7 Å². The first-order valence-corrected chi connectivity index (χ1v) is 8.75. The van der Waals surface area contributed by atoms with Crippen molar-refractivity contribution in [3.63, 3.8) is 0 Å². The van der Waals surface area contributed by atoms with Crippen molar-refractivity contribution in [1.82, 2.24) is 0 Å². The standard InChI is InChI=1S/C21H25NO/c23-21-14-8-7-13-20(21)17-22(15-18-9-3-1-4-10-18)16-19-11-5-2-6-12-19/h1-6,9-12,20H,7-8,13-17H2/p+1/t20-/m1/s1. The van der Waals surface area contributed by atoms with Gasteiger partial charge >= 0.3 is 0 Å². The Morgan fingerprint density at radius 3 is 1.91 bits per heavy atom. The lowest BCUT2D eigenvalue weighted by atomic mass is 9.87. The van der Waals surface area contributed by atoms with Crippen LogP contribution in [-0.4, -0.2) is 12.3 Å². The summed E-state index contributed by atoms with van der Waals surface area (Å²) in [5.74, 6) is 0.737. The van der Waals surface area contributed by atoms with E-state index in [-0.39, 0.29) is 5.92 Å². The molecule has 0 amide bonds. The molecule has 120 valence electrons. The third kappa shape index (κ3) is 4.77. The second kappa shape index (κ2) is 8.07. The van der Waals surface area contributed by atoms with Crippen LogP contribution in [0.25, 0.3) is 0 Å². The summed E-state index contributed by atoms with van der Waals surface area (Å²) >= 11 is 0. The normalized spacial score (nSPS) is 18.3. The Labute approximate surface area is 139 Å². The maximum atomic E-state index is 12.2. The summed E-state index contributed by atoms with van der Waals surface area (Å²) in [6, 6.07) is 21.3. The predicted molar refractivity (Wildman–Crippen MR) is 93.1 cm³/mol. The molecule has 0 bridgehead atoms. The zero-order chi connectivity index (χ0) is 15.9. The smallest absolute Gasteiger partial charge is 0.141 e. The minimum atomic E-state index is 0.256. The van der Waals surface area contributed by atoms with Gasteiger partial charge in [0.15, 0.2) is 0 Å². The first kappa shape index (κ1) is 15.9. The highest BCUT2D eigenvalue weighted by molar-refractivity contribution is 5.81. The third-order valence-corrected chi connectivity index (χ3v) is 4.81. The molecule has 3 rings (SSSR count). The molecule has 23 heavy (non-hydrogen) atoms. The molecule has 1 atom stereocenters. The van der Waals surface area contributed by atoms with Crippen molar-refractivity contribution in [3.8, 4) is 0 Å². The first-order chi connectivity index (χ1) is 11.3. The molecule has 0 saturated heterocycles. The summed E-state index contributed by atoms with van der Waals surface area (Å²) in [5, 5.41) is 0. The molecule has 1 aliphatic carbocycles. The molecule has 1 fully saturated rings. The maximum absolute atomic E-state index is 12.2. The molecule has 0 aromatic heterocycles. The van der Waals surface area contributed by atoms with Gasteiger partial charge in [-0.3, -0.25) is 4.79 Å². The molecule has 2 nitrogen and oxygen atoms in total. The van der Waals surface area contributed by atoms with Crippen molar-refractivity contribution in [2.24, 2.45) is 5.92 Å². The van der Waals surface area contributed by atoms with Gasteiger partial charge in [-0.05, 0) is 12.8 Å². The molecule has 2 aromatic carbocycles. The lowest BCUT2D eigenvalue weighted by Crippen LogP contribution is -3.10. The van der Waals surface area contributed by atoms with Crippen LogP contribution in [0.3, 0.4) is 0 Å². The number of nitrogens with one attached hydrogen (secondary N) is 1. The van der Waals surface area contributed by atoms with Crippen molar-refractivity contribution in [1.29, 1.82) is 0 Å². The fourth-order valence-corrected chi connectivity index (χ4v) is 3.60. The van der Waals surface area contributed by atoms with Crippen LogP contribution < -0.4 is 4.90 Å². The lowest BCUT2D eigenvalue weighted by molar-refractivity contribution is -0.930. The average Bonchev–Trinajstić information content (AvgIpc) is 2.59. The minimum Gasteiger partial charge on any atom is -0.327 e. The zero-order valence-corrected chi connectivity index (χ0v) is 13.7. The van der Waals surface area contributed by atoms with Gasteiger partial charge in [-0.15, -0.1) is 0 Å². The van der Waals surface area contributed by atoms with Gasteiger partial charge in [-0.25, -0.2) is 0 Å². The van der Waals surface area contributed by atoms with Gasteiger partial charge < -0.3 is 4.90 Å². The summed E-state index contributed by atoms with van der Waals surface area (Å²) in [5.41, 5.74) is 2.70. The van der Waals surface area contributed by atoms with E-state index in [4.69, 9.17) is 0 Å². The van der Waals surface area contributed by atoms with E-state index in [1.165, 1.54) is 22.4 Å². The summed E-state index contributed by atoms with van der Waals surface area (Å²) < 4.78 is 0. The number of quaternary nitrogens is 1. The second-order valence-electron chi connectivity index (χ2n) is 6.69. The molecule has 0 aliphatic heterocycles. The van der Waals surface area contributed by atoms with Gasteiger partial charge in [0.2, 0.25) is 0 Å². The number of benzene rings is 2. The number of hydrogen-bond acceptors (Lipinski definition) is 1. The van der Waals surface area contributed by atoms with Crippen molar-refractivity contribution in [2.75, 3.05) is 6.54 Å². The monoisotopic (exact) mass is 308 g/mol. The minimum absolute atomic E-state index is 0.256. The van der Waals surface area contributed by atoms with Crippen LogP contribution in [0, 0.1) is 5.92 Å². The Balaban J connectivity index is 1.71. The number of carbonyl (C=O) groups excluding carboxylic acids is 1. The topological polar surface area (TPSA) is 21.5 Å². The molecule has 0 heterocycles. The fourth-order valence-electron chi connectivity index (χ4n) is 3.60. The van der Waals surface area contributed by atoms with Crippen molar-refractivity contribution in [3.05, 3.63) is 71.8 Å². The molecular formula is C21H26NO+. The van der Waals surface area contributed by atoms with Gasteiger partial charge in [0.1, 0.15) is 18.9 Å². The van der Waals surface area contributed by atoms with E-state index in [1.807, 2.05) is 0 Å². The van der Waals surface area contributed by atoms with Gasteiger partial charge in [0.05, 0.1) is 12.5 Å². The molecule has 2 aromatic rings. The maximum Gasteiger partial charge on any atom is 0.141 e. The number of carbonyl (C=O) groups is 1. The molecule has 1 saturated carbocycles. The quantitative estimate of drug-likeness (QED) is 0.870. The van der Waals surface area contributed by atoms with E-state index in [9.17, 15) is 4.79 Å². The highest BCUT2D eigenvalue weighted by Gasteiger charge is 2.26. The Morgan fingerprint density at radius 1 is 0.826 bits per heavy atom. The Hall–Kier alpha value is -1.93. The summed E-state index contributed by atoms with van der Waals surface area (Å²) in [6.45, 7) is 2.93. The first-order valence-electron chi connectivity index (χ1n) is 8.75.